The van der Waals surface area contributed by atoms with E-state index in [2.05, 4.69) is 30.3 Å². The zero-order valence-corrected chi connectivity index (χ0v) is 17.5. The average molecular weight is 401 g/mol. The van der Waals surface area contributed by atoms with E-state index in [-0.39, 0.29) is 11.9 Å². The van der Waals surface area contributed by atoms with Crippen LogP contribution in [0.25, 0.3) is 0 Å². The molecule has 154 valence electrons. The Bertz CT molecular complexity index is 987. The zero-order valence-electron chi connectivity index (χ0n) is 17.5. The van der Waals surface area contributed by atoms with Crippen LogP contribution in [0, 0.1) is 0 Å². The first kappa shape index (κ1) is 20.1. The number of ether oxygens (including phenoxy) is 1. The monoisotopic (exact) mass is 400 g/mol. The maximum absolute atomic E-state index is 12.9. The lowest BCUT2D eigenvalue weighted by atomic mass is 10.1. The van der Waals surface area contributed by atoms with E-state index in [4.69, 9.17) is 9.72 Å². The van der Waals surface area contributed by atoms with Gasteiger partial charge in [-0.05, 0) is 43.0 Å². The smallest absolute Gasteiger partial charge is 0.223 e. The summed E-state index contributed by atoms with van der Waals surface area (Å²) in [4.78, 5) is 19.9. The molecule has 1 atom stereocenters. The zero-order chi connectivity index (χ0) is 20.8. The predicted octanol–water partition coefficient (Wildman–Crippen LogP) is 4.98. The minimum Gasteiger partial charge on any atom is -0.496 e. The molecule has 3 aromatic rings. The molecule has 1 aliphatic heterocycles. The number of para-hydroxylation sites is 1. The van der Waals surface area contributed by atoms with Crippen LogP contribution in [0.2, 0.25) is 0 Å². The van der Waals surface area contributed by atoms with Crippen molar-refractivity contribution in [2.45, 2.75) is 38.1 Å². The van der Waals surface area contributed by atoms with Crippen molar-refractivity contribution >= 4 is 5.91 Å². The number of aryl methyl sites for hydroxylation is 1. The van der Waals surface area contributed by atoms with Crippen LogP contribution in [-0.4, -0.2) is 29.4 Å². The van der Waals surface area contributed by atoms with Crippen molar-refractivity contribution in [1.82, 2.24) is 9.88 Å². The quantitative estimate of drug-likeness (QED) is 0.562. The molecule has 1 aliphatic rings. The minimum atomic E-state index is 0.0749. The van der Waals surface area contributed by atoms with Crippen LogP contribution in [0.5, 0.6) is 5.75 Å². The first-order valence-electron chi connectivity index (χ1n) is 10.7. The van der Waals surface area contributed by atoms with E-state index in [0.717, 1.165) is 48.5 Å². The van der Waals surface area contributed by atoms with E-state index in [1.165, 1.54) is 5.56 Å². The molecule has 1 amide bonds. The Morgan fingerprint density at radius 2 is 1.83 bits per heavy atom. The van der Waals surface area contributed by atoms with Gasteiger partial charge in [-0.3, -0.25) is 9.78 Å². The minimum absolute atomic E-state index is 0.0749. The maximum Gasteiger partial charge on any atom is 0.223 e. The third-order valence-electron chi connectivity index (χ3n) is 5.78. The van der Waals surface area contributed by atoms with Crippen LogP contribution in [0.15, 0.2) is 72.8 Å². The van der Waals surface area contributed by atoms with Crippen molar-refractivity contribution in [2.24, 2.45) is 0 Å². The van der Waals surface area contributed by atoms with Gasteiger partial charge in [-0.2, -0.15) is 0 Å². The Balaban J connectivity index is 1.46. The molecule has 1 fully saturated rings. The van der Waals surface area contributed by atoms with Crippen molar-refractivity contribution in [3.05, 3.63) is 95.3 Å². The number of likely N-dealkylation sites (tertiary alicyclic amines) is 1. The summed E-state index contributed by atoms with van der Waals surface area (Å²) in [5.74, 6) is 1.10. The highest BCUT2D eigenvalue weighted by atomic mass is 16.5. The molecule has 30 heavy (non-hydrogen) atoms. The number of carbonyl (C=O) groups is 1. The number of methoxy groups -OCH3 is 1. The fourth-order valence-corrected chi connectivity index (χ4v) is 4.24. The summed E-state index contributed by atoms with van der Waals surface area (Å²) in [5.41, 5.74) is 4.32. The molecular weight excluding hydrogens is 372 g/mol. The first-order chi connectivity index (χ1) is 14.7. The highest BCUT2D eigenvalue weighted by molar-refractivity contribution is 5.77. The highest BCUT2D eigenvalue weighted by Crippen LogP contribution is 2.32. The average Bonchev–Trinajstić information content (AvgIpc) is 3.29. The second-order valence-corrected chi connectivity index (χ2v) is 7.77. The normalized spacial score (nSPS) is 15.9. The van der Waals surface area contributed by atoms with Gasteiger partial charge in [0.05, 0.1) is 18.8 Å². The van der Waals surface area contributed by atoms with E-state index in [9.17, 15) is 4.79 Å². The van der Waals surface area contributed by atoms with Crippen LogP contribution in [0.4, 0.5) is 0 Å². The molecule has 2 aromatic carbocycles. The van der Waals surface area contributed by atoms with Gasteiger partial charge in [-0.1, -0.05) is 54.6 Å². The second-order valence-electron chi connectivity index (χ2n) is 7.77. The molecular formula is C26H28N2O2. The van der Waals surface area contributed by atoms with Crippen LogP contribution in [-0.2, 0) is 17.6 Å². The predicted molar refractivity (Wildman–Crippen MR) is 118 cm³/mol. The summed E-state index contributed by atoms with van der Waals surface area (Å²) in [6, 6.07) is 24.5. The summed E-state index contributed by atoms with van der Waals surface area (Å²) < 4.78 is 5.48. The standard InChI is InChI=1S/C26H28N2O2/c1-30-25-15-6-5-11-21(25)19-22-12-7-13-23(27-22)24-14-8-18-28(24)26(29)17-16-20-9-3-2-4-10-20/h2-7,9-13,15,24H,8,14,16-19H2,1H3/t24-/m1/s1. The lowest BCUT2D eigenvalue weighted by molar-refractivity contribution is -0.132. The topological polar surface area (TPSA) is 42.4 Å². The van der Waals surface area contributed by atoms with E-state index < -0.39 is 0 Å². The Kier molecular flexibility index (Phi) is 6.43. The number of benzene rings is 2. The lowest BCUT2D eigenvalue weighted by Crippen LogP contribution is -2.31. The van der Waals surface area contributed by atoms with Crippen molar-refractivity contribution in [1.29, 1.82) is 0 Å². The van der Waals surface area contributed by atoms with Gasteiger partial charge < -0.3 is 9.64 Å². The van der Waals surface area contributed by atoms with E-state index in [1.54, 1.807) is 7.11 Å². The molecule has 4 rings (SSSR count). The molecule has 1 saturated heterocycles. The number of aromatic nitrogens is 1. The summed E-state index contributed by atoms with van der Waals surface area (Å²) in [6.45, 7) is 0.816. The number of hydrogen-bond acceptors (Lipinski definition) is 3. The van der Waals surface area contributed by atoms with Gasteiger partial charge in [0, 0.05) is 30.6 Å². The number of carbonyl (C=O) groups excluding carboxylic acids is 1. The molecule has 2 heterocycles. The molecule has 0 bridgehead atoms. The summed E-state index contributed by atoms with van der Waals surface area (Å²) >= 11 is 0. The Morgan fingerprint density at radius 1 is 1.03 bits per heavy atom. The van der Waals surface area contributed by atoms with E-state index >= 15 is 0 Å². The lowest BCUT2D eigenvalue weighted by Gasteiger charge is -2.25. The Labute approximate surface area is 178 Å². The van der Waals surface area contributed by atoms with Crippen LogP contribution in [0.1, 0.15) is 47.8 Å². The number of rotatable bonds is 7. The Morgan fingerprint density at radius 3 is 2.67 bits per heavy atom. The molecule has 0 aliphatic carbocycles. The first-order valence-corrected chi connectivity index (χ1v) is 10.7. The molecule has 4 nitrogen and oxygen atoms in total. The van der Waals surface area contributed by atoms with E-state index in [1.807, 2.05) is 47.4 Å². The van der Waals surface area contributed by atoms with Crippen molar-refractivity contribution in [2.75, 3.05) is 13.7 Å². The highest BCUT2D eigenvalue weighted by Gasteiger charge is 2.30. The van der Waals surface area contributed by atoms with Gasteiger partial charge in [0.25, 0.3) is 0 Å². The number of hydrogen-bond donors (Lipinski definition) is 0. The van der Waals surface area contributed by atoms with Gasteiger partial charge in [-0.15, -0.1) is 0 Å². The van der Waals surface area contributed by atoms with Crippen LogP contribution >= 0.6 is 0 Å². The van der Waals surface area contributed by atoms with E-state index in [0.29, 0.717) is 12.8 Å². The number of pyridine rings is 1. The molecule has 0 radical (unpaired) electrons. The SMILES string of the molecule is COc1ccccc1Cc1cccc([C@H]2CCCN2C(=O)CCc2ccccc2)n1. The summed E-state index contributed by atoms with van der Waals surface area (Å²) in [7, 11) is 1.69. The van der Waals surface area contributed by atoms with Crippen molar-refractivity contribution < 1.29 is 9.53 Å². The largest absolute Gasteiger partial charge is 0.496 e. The van der Waals surface area contributed by atoms with Gasteiger partial charge in [0.1, 0.15) is 5.75 Å². The summed E-state index contributed by atoms with van der Waals surface area (Å²) in [6.07, 6.45) is 4.04. The third-order valence-corrected chi connectivity index (χ3v) is 5.78. The van der Waals surface area contributed by atoms with Gasteiger partial charge in [0.2, 0.25) is 5.91 Å². The van der Waals surface area contributed by atoms with Gasteiger partial charge in [-0.25, -0.2) is 0 Å². The van der Waals surface area contributed by atoms with Crippen molar-refractivity contribution in [3.8, 4) is 5.75 Å². The molecule has 4 heteroatoms. The van der Waals surface area contributed by atoms with Crippen LogP contribution in [0.3, 0.4) is 0 Å². The molecule has 0 saturated carbocycles. The molecule has 0 unspecified atom stereocenters. The molecule has 0 spiro atoms. The second kappa shape index (κ2) is 9.57. The molecule has 1 aromatic heterocycles. The van der Waals surface area contributed by atoms with Crippen LogP contribution < -0.4 is 4.74 Å². The Hall–Kier alpha value is -3.14. The van der Waals surface area contributed by atoms with Gasteiger partial charge in [0.15, 0.2) is 0 Å². The third kappa shape index (κ3) is 4.70. The summed E-state index contributed by atoms with van der Waals surface area (Å²) in [5, 5.41) is 0. The maximum atomic E-state index is 12.9. The van der Waals surface area contributed by atoms with Gasteiger partial charge >= 0.3 is 0 Å². The molecule has 0 N–H and O–H groups in total. The fourth-order valence-electron chi connectivity index (χ4n) is 4.24. The fraction of sp³-hybridized carbons (Fsp3) is 0.308. The van der Waals surface area contributed by atoms with Crippen molar-refractivity contribution in [3.63, 3.8) is 0 Å². The number of nitrogens with zero attached hydrogens (tertiary/aromatic N) is 2. The number of amides is 1.